The first kappa shape index (κ1) is 27.6. The van der Waals surface area contributed by atoms with Crippen molar-refractivity contribution in [2.75, 3.05) is 13.2 Å². The first-order valence-corrected chi connectivity index (χ1v) is 13.0. The van der Waals surface area contributed by atoms with E-state index >= 15 is 0 Å². The Balaban J connectivity index is 1.72. The van der Waals surface area contributed by atoms with Gasteiger partial charge in [-0.15, -0.1) is 0 Å². The fourth-order valence-corrected chi connectivity index (χ4v) is 3.99. The van der Waals surface area contributed by atoms with Crippen LogP contribution < -0.4 is 10.6 Å². The highest BCUT2D eigenvalue weighted by molar-refractivity contribution is 5.99. The van der Waals surface area contributed by atoms with E-state index in [9.17, 15) is 9.59 Å². The van der Waals surface area contributed by atoms with Crippen LogP contribution in [0.15, 0.2) is 28.2 Å². The first-order chi connectivity index (χ1) is 17.0. The van der Waals surface area contributed by atoms with Gasteiger partial charge in [-0.25, -0.2) is 15.0 Å². The lowest BCUT2D eigenvalue weighted by molar-refractivity contribution is 0.0924. The Bertz CT molecular complexity index is 926. The van der Waals surface area contributed by atoms with E-state index < -0.39 is 0 Å². The molecule has 0 radical (unpaired) electrons. The number of pyridine rings is 1. The van der Waals surface area contributed by atoms with Crippen LogP contribution in [-0.4, -0.2) is 66.0 Å². The lowest BCUT2D eigenvalue weighted by atomic mass is 10.0. The molecular weight excluding hydrogens is 458 g/mol. The van der Waals surface area contributed by atoms with Gasteiger partial charge in [-0.2, -0.15) is 0 Å². The summed E-state index contributed by atoms with van der Waals surface area (Å²) in [6, 6.07) is 4.25. The van der Waals surface area contributed by atoms with Crippen molar-refractivity contribution in [3.63, 3.8) is 0 Å². The van der Waals surface area contributed by atoms with Crippen molar-refractivity contribution in [3.05, 3.63) is 29.6 Å². The average molecular weight is 500 g/mol. The number of hydrogen-bond acceptors (Lipinski definition) is 7. The first-order valence-electron chi connectivity index (χ1n) is 13.0. The maximum absolute atomic E-state index is 13.1. The molecule has 9 nitrogen and oxygen atoms in total. The number of carbonyl (C=O) groups excluding carboxylic acids is 2. The molecule has 2 N–H and O–H groups in total. The largest absolute Gasteiger partial charge is 0.477 e. The molecule has 4 atom stereocenters. The third-order valence-corrected chi connectivity index (χ3v) is 6.58. The average Bonchev–Trinajstić information content (AvgIpc) is 3.51. The van der Waals surface area contributed by atoms with Gasteiger partial charge in [-0.1, -0.05) is 61.5 Å². The molecule has 3 heterocycles. The van der Waals surface area contributed by atoms with E-state index in [1.165, 1.54) is 0 Å². The molecule has 198 valence electrons. The SMILES string of the molecule is CC(C)[C@H](NC(=O)c1cccc(C(=O)N[C@H](C2=N[C@@H](C(C)C)CO2)C(C)C)n1)C1=N[C@@H](C(C)C)CO1. The Hall–Kier alpha value is -2.97. The van der Waals surface area contributed by atoms with Gasteiger partial charge in [-0.05, 0) is 35.8 Å². The van der Waals surface area contributed by atoms with Crippen molar-refractivity contribution in [1.82, 2.24) is 15.6 Å². The second kappa shape index (κ2) is 11.8. The molecule has 0 unspecified atom stereocenters. The molecule has 3 rings (SSSR count). The number of hydrogen-bond donors (Lipinski definition) is 2. The highest BCUT2D eigenvalue weighted by Gasteiger charge is 2.33. The third-order valence-electron chi connectivity index (χ3n) is 6.58. The van der Waals surface area contributed by atoms with Gasteiger partial charge < -0.3 is 20.1 Å². The molecule has 36 heavy (non-hydrogen) atoms. The second-order valence-electron chi connectivity index (χ2n) is 11.0. The molecule has 2 aliphatic rings. The number of nitrogens with one attached hydrogen (secondary N) is 2. The predicted octanol–water partition coefficient (Wildman–Crippen LogP) is 3.50. The van der Waals surface area contributed by atoms with Crippen LogP contribution in [0.2, 0.25) is 0 Å². The maximum Gasteiger partial charge on any atom is 0.270 e. The van der Waals surface area contributed by atoms with Crippen LogP contribution in [0.4, 0.5) is 0 Å². The maximum atomic E-state index is 13.1. The van der Waals surface area contributed by atoms with Gasteiger partial charge in [-0.3, -0.25) is 9.59 Å². The van der Waals surface area contributed by atoms with E-state index in [1.807, 2.05) is 27.7 Å². The van der Waals surface area contributed by atoms with Crippen LogP contribution in [0.25, 0.3) is 0 Å². The molecule has 0 saturated carbocycles. The van der Waals surface area contributed by atoms with Gasteiger partial charge in [0.2, 0.25) is 11.8 Å². The number of ether oxygens (including phenoxy) is 2. The van der Waals surface area contributed by atoms with Gasteiger partial charge >= 0.3 is 0 Å². The Labute approximate surface area is 214 Å². The van der Waals surface area contributed by atoms with Crippen LogP contribution in [0.5, 0.6) is 0 Å². The van der Waals surface area contributed by atoms with E-state index in [0.29, 0.717) is 36.8 Å². The van der Waals surface area contributed by atoms with Gasteiger partial charge in [0.05, 0.1) is 12.1 Å². The van der Waals surface area contributed by atoms with Crippen LogP contribution in [-0.2, 0) is 9.47 Å². The van der Waals surface area contributed by atoms with Crippen molar-refractivity contribution >= 4 is 23.6 Å². The standard InChI is InChI=1S/C27H41N5O4/c1-14(2)20-12-35-26(29-20)22(16(5)6)31-24(33)18-10-9-11-19(28-18)25(34)32-23(17(7)8)27-30-21(13-36-27)15(3)4/h9-11,14-17,20-23H,12-13H2,1-8H3,(H,31,33)(H,32,34)/t20-,21-,22+,23+/m1/s1. The molecule has 0 saturated heterocycles. The summed E-state index contributed by atoms with van der Waals surface area (Å²) >= 11 is 0. The quantitative estimate of drug-likeness (QED) is 0.511. The van der Waals surface area contributed by atoms with Gasteiger partial charge in [0.1, 0.15) is 36.7 Å². The third kappa shape index (κ3) is 6.62. The fourth-order valence-electron chi connectivity index (χ4n) is 3.99. The summed E-state index contributed by atoms with van der Waals surface area (Å²) in [6.45, 7) is 17.4. The van der Waals surface area contributed by atoms with Crippen molar-refractivity contribution in [2.24, 2.45) is 33.7 Å². The van der Waals surface area contributed by atoms with E-state index in [4.69, 9.17) is 9.47 Å². The van der Waals surface area contributed by atoms with Crippen LogP contribution in [0.1, 0.15) is 76.4 Å². The van der Waals surface area contributed by atoms with E-state index in [-0.39, 0.29) is 59.2 Å². The zero-order valence-electron chi connectivity index (χ0n) is 22.7. The van der Waals surface area contributed by atoms with Crippen molar-refractivity contribution in [3.8, 4) is 0 Å². The summed E-state index contributed by atoms with van der Waals surface area (Å²) in [5.74, 6) is 1.17. The molecule has 0 aromatic carbocycles. The predicted molar refractivity (Wildman–Crippen MR) is 140 cm³/mol. The number of rotatable bonds is 10. The van der Waals surface area contributed by atoms with Crippen LogP contribution in [0.3, 0.4) is 0 Å². The summed E-state index contributed by atoms with van der Waals surface area (Å²) in [5, 5.41) is 5.98. The lowest BCUT2D eigenvalue weighted by Gasteiger charge is -2.22. The Morgan fingerprint density at radius 2 is 1.14 bits per heavy atom. The normalized spacial score (nSPS) is 21.2. The topological polar surface area (TPSA) is 114 Å². The number of aliphatic imine (C=N–C) groups is 2. The van der Waals surface area contributed by atoms with Gasteiger partial charge in [0.15, 0.2) is 0 Å². The molecule has 9 heteroatoms. The van der Waals surface area contributed by atoms with Crippen molar-refractivity contribution in [2.45, 2.75) is 79.6 Å². The highest BCUT2D eigenvalue weighted by Crippen LogP contribution is 2.20. The smallest absolute Gasteiger partial charge is 0.270 e. The molecule has 2 amide bonds. The Morgan fingerprint density at radius 3 is 1.44 bits per heavy atom. The number of nitrogens with zero attached hydrogens (tertiary/aromatic N) is 3. The minimum Gasteiger partial charge on any atom is -0.477 e. The van der Waals surface area contributed by atoms with Gasteiger partial charge in [0, 0.05) is 0 Å². The number of aromatic nitrogens is 1. The summed E-state index contributed by atoms with van der Waals surface area (Å²) in [7, 11) is 0. The van der Waals surface area contributed by atoms with E-state index in [2.05, 4.69) is 53.3 Å². The fraction of sp³-hybridized carbons (Fsp3) is 0.667. The second-order valence-corrected chi connectivity index (χ2v) is 11.0. The summed E-state index contributed by atoms with van der Waals surface area (Å²) in [5.41, 5.74) is 0.311. The molecule has 0 fully saturated rings. The molecule has 1 aromatic heterocycles. The molecule has 2 aliphatic heterocycles. The van der Waals surface area contributed by atoms with Gasteiger partial charge in [0.25, 0.3) is 11.8 Å². The summed E-state index contributed by atoms with van der Waals surface area (Å²) < 4.78 is 11.6. The van der Waals surface area contributed by atoms with E-state index in [0.717, 1.165) is 0 Å². The van der Waals surface area contributed by atoms with Crippen molar-refractivity contribution in [1.29, 1.82) is 0 Å². The van der Waals surface area contributed by atoms with Crippen LogP contribution in [0, 0.1) is 23.7 Å². The molecule has 0 bridgehead atoms. The summed E-state index contributed by atoms with van der Waals surface area (Å²) in [6.07, 6.45) is 0. The minimum atomic E-state index is -0.383. The summed E-state index contributed by atoms with van der Waals surface area (Å²) in [4.78, 5) is 39.9. The lowest BCUT2D eigenvalue weighted by Crippen LogP contribution is -2.46. The Kier molecular flexibility index (Phi) is 9.08. The molecule has 0 spiro atoms. The van der Waals surface area contributed by atoms with Crippen molar-refractivity contribution < 1.29 is 19.1 Å². The number of amides is 2. The zero-order chi connectivity index (χ0) is 26.6. The molecule has 0 aliphatic carbocycles. The number of carbonyl (C=O) groups is 2. The molecule has 1 aromatic rings. The highest BCUT2D eigenvalue weighted by atomic mass is 16.5. The van der Waals surface area contributed by atoms with E-state index in [1.54, 1.807) is 18.2 Å². The molecular formula is C27H41N5O4. The Morgan fingerprint density at radius 1 is 0.750 bits per heavy atom. The zero-order valence-corrected chi connectivity index (χ0v) is 22.7. The van der Waals surface area contributed by atoms with Crippen LogP contribution >= 0.6 is 0 Å². The minimum absolute atomic E-state index is 0.0683. The monoisotopic (exact) mass is 499 g/mol.